The number of carbonyl (C=O) groups is 1. The van der Waals surface area contributed by atoms with Gasteiger partial charge in [0.05, 0.1) is 22.1 Å². The zero-order valence-electron chi connectivity index (χ0n) is 8.96. The average molecular weight is 305 g/mol. The summed E-state index contributed by atoms with van der Waals surface area (Å²) >= 11 is 4.83. The Morgan fingerprint density at radius 3 is 3.12 bits per heavy atom. The number of hydrogen-bond donors (Lipinski definition) is 1. The second-order valence-electron chi connectivity index (χ2n) is 3.72. The van der Waals surface area contributed by atoms with Crippen molar-refractivity contribution in [2.75, 3.05) is 6.61 Å². The van der Waals surface area contributed by atoms with Crippen LogP contribution in [0.3, 0.4) is 0 Å². The molecule has 3 nitrogen and oxygen atoms in total. The fraction of sp³-hybridized carbons (Fsp3) is 0.545. The SMILES string of the molecule is CCOC(=O)c1c(Br)sc2c1CCC[C@@H]2O. The van der Waals surface area contributed by atoms with Gasteiger partial charge in [0, 0.05) is 4.88 Å². The van der Waals surface area contributed by atoms with E-state index in [1.807, 2.05) is 0 Å². The molecule has 0 saturated carbocycles. The normalized spacial score (nSPS) is 19.3. The lowest BCUT2D eigenvalue weighted by atomic mass is 9.94. The van der Waals surface area contributed by atoms with E-state index in [1.54, 1.807) is 6.92 Å². The topological polar surface area (TPSA) is 46.5 Å². The highest BCUT2D eigenvalue weighted by atomic mass is 79.9. The highest BCUT2D eigenvalue weighted by Gasteiger charge is 2.29. The van der Waals surface area contributed by atoms with E-state index in [9.17, 15) is 9.90 Å². The number of aliphatic hydroxyl groups excluding tert-OH is 1. The Hall–Kier alpha value is -0.390. The molecule has 5 heteroatoms. The van der Waals surface area contributed by atoms with Crippen LogP contribution in [0.1, 0.15) is 46.7 Å². The van der Waals surface area contributed by atoms with Gasteiger partial charge in [0.15, 0.2) is 0 Å². The minimum Gasteiger partial charge on any atom is -0.462 e. The standard InChI is InChI=1S/C11H13BrO3S/c1-2-15-11(14)8-6-4-3-5-7(13)9(6)16-10(8)12/h7,13H,2-5H2,1H3/t7-/m0/s1. The minimum absolute atomic E-state index is 0.291. The lowest BCUT2D eigenvalue weighted by molar-refractivity contribution is 0.0524. The first-order chi connectivity index (χ1) is 7.65. The molecular weight excluding hydrogens is 292 g/mol. The average Bonchev–Trinajstić information content (AvgIpc) is 2.56. The van der Waals surface area contributed by atoms with Crippen LogP contribution < -0.4 is 0 Å². The van der Waals surface area contributed by atoms with Crippen LogP contribution in [0.4, 0.5) is 0 Å². The third-order valence-electron chi connectivity index (χ3n) is 2.68. The predicted octanol–water partition coefficient (Wildman–Crippen LogP) is 3.06. The second-order valence-corrected chi connectivity index (χ2v) is 6.09. The molecule has 2 rings (SSSR count). The molecule has 88 valence electrons. The highest BCUT2D eigenvalue weighted by molar-refractivity contribution is 9.11. The molecule has 1 aliphatic rings. The highest BCUT2D eigenvalue weighted by Crippen LogP contribution is 2.42. The molecule has 1 aliphatic carbocycles. The molecule has 1 heterocycles. The van der Waals surface area contributed by atoms with Crippen molar-refractivity contribution < 1.29 is 14.6 Å². The third kappa shape index (κ3) is 2.04. The predicted molar refractivity (Wildman–Crippen MR) is 65.9 cm³/mol. The van der Waals surface area contributed by atoms with Crippen molar-refractivity contribution in [2.45, 2.75) is 32.3 Å². The molecular formula is C11H13BrO3S. The zero-order valence-corrected chi connectivity index (χ0v) is 11.4. The molecule has 0 aromatic carbocycles. The van der Waals surface area contributed by atoms with E-state index in [0.29, 0.717) is 12.2 Å². The Labute approximate surface area is 107 Å². The Morgan fingerprint density at radius 2 is 2.44 bits per heavy atom. The van der Waals surface area contributed by atoms with E-state index in [0.717, 1.165) is 33.5 Å². The van der Waals surface area contributed by atoms with Gasteiger partial charge in [0.25, 0.3) is 0 Å². The first-order valence-corrected chi connectivity index (χ1v) is 6.92. The van der Waals surface area contributed by atoms with Gasteiger partial charge in [-0.1, -0.05) is 0 Å². The molecule has 16 heavy (non-hydrogen) atoms. The first-order valence-electron chi connectivity index (χ1n) is 5.31. The maximum absolute atomic E-state index is 11.8. The molecule has 1 N–H and O–H groups in total. The van der Waals surface area contributed by atoms with E-state index in [1.165, 1.54) is 11.3 Å². The molecule has 0 radical (unpaired) electrons. The maximum Gasteiger partial charge on any atom is 0.340 e. The Balaban J connectivity index is 2.42. The number of carbonyl (C=O) groups excluding carboxylic acids is 1. The van der Waals surface area contributed by atoms with E-state index >= 15 is 0 Å². The molecule has 0 aliphatic heterocycles. The summed E-state index contributed by atoms with van der Waals surface area (Å²) in [5.41, 5.74) is 1.58. The van der Waals surface area contributed by atoms with E-state index in [-0.39, 0.29) is 5.97 Å². The van der Waals surface area contributed by atoms with Crippen LogP contribution in [-0.2, 0) is 11.2 Å². The summed E-state index contributed by atoms with van der Waals surface area (Å²) in [5.74, 6) is -0.291. The smallest absolute Gasteiger partial charge is 0.340 e. The van der Waals surface area contributed by atoms with Crippen LogP contribution in [0.2, 0.25) is 0 Å². The monoisotopic (exact) mass is 304 g/mol. The van der Waals surface area contributed by atoms with Gasteiger partial charge in [-0.3, -0.25) is 0 Å². The van der Waals surface area contributed by atoms with Crippen molar-refractivity contribution in [1.82, 2.24) is 0 Å². The van der Waals surface area contributed by atoms with Crippen molar-refractivity contribution in [3.8, 4) is 0 Å². The maximum atomic E-state index is 11.8. The van der Waals surface area contributed by atoms with E-state index in [4.69, 9.17) is 4.74 Å². The molecule has 0 bridgehead atoms. The molecule has 0 fully saturated rings. The molecule has 1 aromatic rings. The summed E-state index contributed by atoms with van der Waals surface area (Å²) in [6.45, 7) is 2.16. The van der Waals surface area contributed by atoms with Crippen molar-refractivity contribution >= 4 is 33.2 Å². The van der Waals surface area contributed by atoms with Crippen molar-refractivity contribution in [1.29, 1.82) is 0 Å². The fourth-order valence-electron chi connectivity index (χ4n) is 1.98. The summed E-state index contributed by atoms with van der Waals surface area (Å²) in [4.78, 5) is 12.7. The second kappa shape index (κ2) is 4.85. The Bertz CT molecular complexity index is 414. The van der Waals surface area contributed by atoms with Crippen LogP contribution in [0.5, 0.6) is 0 Å². The number of halogens is 1. The van der Waals surface area contributed by atoms with Gasteiger partial charge in [-0.2, -0.15) is 0 Å². The summed E-state index contributed by atoms with van der Waals surface area (Å²) < 4.78 is 5.80. The van der Waals surface area contributed by atoms with Gasteiger partial charge in [-0.15, -0.1) is 11.3 Å². The minimum atomic E-state index is -0.423. The van der Waals surface area contributed by atoms with Gasteiger partial charge < -0.3 is 9.84 Å². The number of rotatable bonds is 2. The summed E-state index contributed by atoms with van der Waals surface area (Å²) in [7, 11) is 0. The van der Waals surface area contributed by atoms with Crippen LogP contribution in [0, 0.1) is 0 Å². The number of hydrogen-bond acceptors (Lipinski definition) is 4. The fourth-order valence-corrected chi connectivity index (χ4v) is 3.99. The van der Waals surface area contributed by atoms with Gasteiger partial charge in [0.2, 0.25) is 0 Å². The Kier molecular flexibility index (Phi) is 3.66. The van der Waals surface area contributed by atoms with Crippen LogP contribution in [-0.4, -0.2) is 17.7 Å². The summed E-state index contributed by atoms with van der Waals surface area (Å²) in [6.07, 6.45) is 2.13. The van der Waals surface area contributed by atoms with E-state index in [2.05, 4.69) is 15.9 Å². The Morgan fingerprint density at radius 1 is 1.69 bits per heavy atom. The molecule has 1 atom stereocenters. The summed E-state index contributed by atoms with van der Waals surface area (Å²) in [6, 6.07) is 0. The van der Waals surface area contributed by atoms with Gasteiger partial charge >= 0.3 is 5.97 Å². The molecule has 0 unspecified atom stereocenters. The van der Waals surface area contributed by atoms with Gasteiger partial charge in [-0.05, 0) is 47.7 Å². The first kappa shape index (κ1) is 12.1. The number of ether oxygens (including phenoxy) is 1. The van der Waals surface area contributed by atoms with Crippen molar-refractivity contribution in [2.24, 2.45) is 0 Å². The molecule has 0 amide bonds. The molecule has 0 saturated heterocycles. The lowest BCUT2D eigenvalue weighted by Gasteiger charge is -2.17. The van der Waals surface area contributed by atoms with Crippen molar-refractivity contribution in [3.05, 3.63) is 19.8 Å². The quantitative estimate of drug-likeness (QED) is 0.854. The van der Waals surface area contributed by atoms with Gasteiger partial charge in [-0.25, -0.2) is 4.79 Å². The number of fused-ring (bicyclic) bond motifs is 1. The number of thiophene rings is 1. The number of esters is 1. The summed E-state index contributed by atoms with van der Waals surface area (Å²) in [5, 5.41) is 9.85. The van der Waals surface area contributed by atoms with Crippen molar-refractivity contribution in [3.63, 3.8) is 0 Å². The zero-order chi connectivity index (χ0) is 11.7. The number of aliphatic hydroxyl groups is 1. The van der Waals surface area contributed by atoms with Gasteiger partial charge in [0.1, 0.15) is 0 Å². The lowest BCUT2D eigenvalue weighted by Crippen LogP contribution is -2.12. The largest absolute Gasteiger partial charge is 0.462 e. The van der Waals surface area contributed by atoms with Crippen LogP contribution in [0.15, 0.2) is 3.79 Å². The molecule has 1 aromatic heterocycles. The molecule has 0 spiro atoms. The van der Waals surface area contributed by atoms with Crippen LogP contribution in [0.25, 0.3) is 0 Å². The third-order valence-corrected chi connectivity index (χ3v) is 4.69. The van der Waals surface area contributed by atoms with Crippen LogP contribution >= 0.6 is 27.3 Å². The van der Waals surface area contributed by atoms with E-state index < -0.39 is 6.10 Å².